The van der Waals surface area contributed by atoms with Crippen molar-refractivity contribution >= 4 is 23.7 Å². The van der Waals surface area contributed by atoms with Crippen molar-refractivity contribution in [3.63, 3.8) is 0 Å². The average molecular weight is 489 g/mol. The van der Waals surface area contributed by atoms with Crippen LogP contribution < -0.4 is 4.74 Å². The van der Waals surface area contributed by atoms with Crippen LogP contribution in [0, 0.1) is 0 Å². The van der Waals surface area contributed by atoms with Crippen LogP contribution in [-0.2, 0) is 20.9 Å². The van der Waals surface area contributed by atoms with E-state index in [0.717, 1.165) is 48.1 Å². The summed E-state index contributed by atoms with van der Waals surface area (Å²) in [4.78, 5) is 21.9. The van der Waals surface area contributed by atoms with E-state index in [1.807, 2.05) is 42.5 Å². The highest BCUT2D eigenvalue weighted by molar-refractivity contribution is 7.99. The SMILES string of the molecule is O=C(O)CCSC(c1cccc(C2CCCC2)c1OCc1ccccc1)C(O)COCC(=O)O. The molecule has 34 heavy (non-hydrogen) atoms. The van der Waals surface area contributed by atoms with Crippen LogP contribution in [-0.4, -0.2) is 52.3 Å². The maximum atomic E-state index is 11.1. The van der Waals surface area contributed by atoms with Crippen molar-refractivity contribution in [2.45, 2.75) is 56.0 Å². The van der Waals surface area contributed by atoms with Gasteiger partial charge in [-0.3, -0.25) is 4.79 Å². The number of carbonyl (C=O) groups is 2. The molecule has 1 fully saturated rings. The van der Waals surface area contributed by atoms with E-state index in [1.54, 1.807) is 0 Å². The quantitative estimate of drug-likeness (QED) is 0.353. The van der Waals surface area contributed by atoms with Gasteiger partial charge < -0.3 is 24.8 Å². The van der Waals surface area contributed by atoms with Crippen LogP contribution in [0.2, 0.25) is 0 Å². The molecule has 0 bridgehead atoms. The Balaban J connectivity index is 1.91. The molecule has 3 rings (SSSR count). The number of hydrogen-bond acceptors (Lipinski definition) is 6. The van der Waals surface area contributed by atoms with Crippen LogP contribution in [0.4, 0.5) is 0 Å². The number of aliphatic carboxylic acids is 2. The van der Waals surface area contributed by atoms with Crippen molar-refractivity contribution in [2.24, 2.45) is 0 Å². The molecule has 3 N–H and O–H groups in total. The number of hydrogen-bond donors (Lipinski definition) is 3. The van der Waals surface area contributed by atoms with Gasteiger partial charge in [-0.05, 0) is 29.9 Å². The Morgan fingerprint density at radius 2 is 1.74 bits per heavy atom. The summed E-state index contributed by atoms with van der Waals surface area (Å²) >= 11 is 1.32. The van der Waals surface area contributed by atoms with Gasteiger partial charge >= 0.3 is 11.9 Å². The standard InChI is InChI=1S/C26H32O7S/c27-22(16-32-17-24(30)31)26(34-14-13-23(28)29)21-12-6-11-20(19-9-4-5-10-19)25(21)33-15-18-7-2-1-3-8-18/h1-3,6-8,11-12,19,22,26-27H,4-5,9-10,13-17H2,(H,28,29)(H,30,31). The maximum Gasteiger partial charge on any atom is 0.329 e. The molecule has 1 aliphatic rings. The summed E-state index contributed by atoms with van der Waals surface area (Å²) in [5.41, 5.74) is 2.91. The Labute approximate surface area is 204 Å². The van der Waals surface area contributed by atoms with Crippen molar-refractivity contribution in [1.29, 1.82) is 0 Å². The van der Waals surface area contributed by atoms with Crippen LogP contribution in [0.5, 0.6) is 5.75 Å². The van der Waals surface area contributed by atoms with E-state index in [-0.39, 0.29) is 13.0 Å². The molecule has 2 atom stereocenters. The van der Waals surface area contributed by atoms with E-state index in [9.17, 15) is 14.7 Å². The molecule has 8 heteroatoms. The predicted octanol–water partition coefficient (Wildman–Crippen LogP) is 4.63. The number of ether oxygens (including phenoxy) is 2. The molecule has 2 aromatic rings. The number of thioether (sulfide) groups is 1. The molecule has 0 aromatic heterocycles. The first-order chi connectivity index (χ1) is 16.5. The number of rotatable bonds is 14. The fraction of sp³-hybridized carbons (Fsp3) is 0.462. The topological polar surface area (TPSA) is 113 Å². The summed E-state index contributed by atoms with van der Waals surface area (Å²) in [6.45, 7) is -0.318. The number of para-hydroxylation sites is 1. The Kier molecular flexibility index (Phi) is 10.2. The van der Waals surface area contributed by atoms with Gasteiger partial charge in [0.1, 0.15) is 19.0 Å². The molecular formula is C26H32O7S. The lowest BCUT2D eigenvalue weighted by molar-refractivity contribution is -0.143. The largest absolute Gasteiger partial charge is 0.488 e. The Morgan fingerprint density at radius 3 is 2.41 bits per heavy atom. The molecule has 7 nitrogen and oxygen atoms in total. The Bertz CT molecular complexity index is 928. The zero-order valence-electron chi connectivity index (χ0n) is 19.1. The van der Waals surface area contributed by atoms with Crippen molar-refractivity contribution < 1.29 is 34.4 Å². The minimum absolute atomic E-state index is 0.0492. The highest BCUT2D eigenvalue weighted by Crippen LogP contribution is 2.45. The fourth-order valence-electron chi connectivity index (χ4n) is 4.29. The van der Waals surface area contributed by atoms with E-state index in [0.29, 0.717) is 18.3 Å². The summed E-state index contributed by atoms with van der Waals surface area (Å²) in [6.07, 6.45) is 3.39. The van der Waals surface area contributed by atoms with Gasteiger partial charge in [0.15, 0.2) is 0 Å². The molecule has 184 valence electrons. The summed E-state index contributed by atoms with van der Waals surface area (Å²) in [6, 6.07) is 15.8. The van der Waals surface area contributed by atoms with Gasteiger partial charge in [0.25, 0.3) is 0 Å². The molecule has 1 aliphatic carbocycles. The van der Waals surface area contributed by atoms with Crippen molar-refractivity contribution in [3.8, 4) is 5.75 Å². The molecule has 0 aliphatic heterocycles. The third kappa shape index (κ3) is 7.75. The predicted molar refractivity (Wildman–Crippen MR) is 130 cm³/mol. The molecule has 0 amide bonds. The molecule has 2 unspecified atom stereocenters. The van der Waals surface area contributed by atoms with E-state index in [2.05, 4.69) is 6.07 Å². The van der Waals surface area contributed by atoms with Crippen LogP contribution in [0.15, 0.2) is 48.5 Å². The van der Waals surface area contributed by atoms with Crippen molar-refractivity contribution in [1.82, 2.24) is 0 Å². The molecule has 2 aromatic carbocycles. The maximum absolute atomic E-state index is 11.1. The van der Waals surface area contributed by atoms with Crippen LogP contribution in [0.25, 0.3) is 0 Å². The summed E-state index contributed by atoms with van der Waals surface area (Å²) in [5.74, 6) is -0.637. The fourth-order valence-corrected chi connectivity index (χ4v) is 5.50. The Morgan fingerprint density at radius 1 is 1.00 bits per heavy atom. The summed E-state index contributed by atoms with van der Waals surface area (Å²) < 4.78 is 11.6. The lowest BCUT2D eigenvalue weighted by Crippen LogP contribution is -2.25. The lowest BCUT2D eigenvalue weighted by atomic mass is 9.92. The highest BCUT2D eigenvalue weighted by Gasteiger charge is 2.29. The van der Waals surface area contributed by atoms with Gasteiger partial charge in [0, 0.05) is 11.3 Å². The summed E-state index contributed by atoms with van der Waals surface area (Å²) in [7, 11) is 0. The molecular weight excluding hydrogens is 456 g/mol. The number of carboxylic acid groups (broad SMARTS) is 2. The number of benzene rings is 2. The zero-order valence-corrected chi connectivity index (χ0v) is 19.9. The third-order valence-corrected chi connectivity index (χ3v) is 7.25. The normalized spacial score (nSPS) is 15.7. The van der Waals surface area contributed by atoms with Crippen LogP contribution in [0.3, 0.4) is 0 Å². The highest BCUT2D eigenvalue weighted by atomic mass is 32.2. The van der Waals surface area contributed by atoms with Gasteiger partial charge in [-0.25, -0.2) is 4.79 Å². The number of aliphatic hydroxyl groups excluding tert-OH is 1. The monoisotopic (exact) mass is 488 g/mol. The first-order valence-corrected chi connectivity index (χ1v) is 12.6. The Hall–Kier alpha value is -2.55. The smallest absolute Gasteiger partial charge is 0.329 e. The molecule has 0 heterocycles. The van der Waals surface area contributed by atoms with Gasteiger partial charge in [-0.2, -0.15) is 11.8 Å². The molecule has 0 spiro atoms. The second kappa shape index (κ2) is 13.4. The van der Waals surface area contributed by atoms with Gasteiger partial charge in [-0.1, -0.05) is 61.4 Å². The number of carboxylic acids is 2. The van der Waals surface area contributed by atoms with Gasteiger partial charge in [0.05, 0.1) is 24.4 Å². The van der Waals surface area contributed by atoms with Crippen molar-refractivity contribution in [3.05, 3.63) is 65.2 Å². The van der Waals surface area contributed by atoms with Crippen molar-refractivity contribution in [2.75, 3.05) is 19.0 Å². The van der Waals surface area contributed by atoms with E-state index in [1.165, 1.54) is 11.8 Å². The zero-order chi connectivity index (χ0) is 24.3. The first-order valence-electron chi connectivity index (χ1n) is 11.6. The third-order valence-electron chi connectivity index (χ3n) is 5.88. The minimum Gasteiger partial charge on any atom is -0.488 e. The van der Waals surface area contributed by atoms with E-state index >= 15 is 0 Å². The molecule has 0 radical (unpaired) electrons. The lowest BCUT2D eigenvalue weighted by Gasteiger charge is -2.27. The molecule has 1 saturated carbocycles. The first kappa shape index (κ1) is 26.1. The van der Waals surface area contributed by atoms with E-state index < -0.39 is 29.9 Å². The average Bonchev–Trinajstić information content (AvgIpc) is 3.35. The van der Waals surface area contributed by atoms with Gasteiger partial charge in [-0.15, -0.1) is 0 Å². The van der Waals surface area contributed by atoms with Crippen LogP contribution >= 0.6 is 11.8 Å². The van der Waals surface area contributed by atoms with Gasteiger partial charge in [0.2, 0.25) is 0 Å². The van der Waals surface area contributed by atoms with E-state index in [4.69, 9.17) is 19.7 Å². The second-order valence-electron chi connectivity index (χ2n) is 8.43. The number of aliphatic hydroxyl groups is 1. The minimum atomic E-state index is -1.11. The summed E-state index contributed by atoms with van der Waals surface area (Å²) in [5, 5.41) is 28.4. The molecule has 0 saturated heterocycles. The second-order valence-corrected chi connectivity index (χ2v) is 9.68. The van der Waals surface area contributed by atoms with Crippen LogP contribution in [0.1, 0.15) is 60.0 Å².